The molecule has 1 aliphatic heterocycles. The van der Waals surface area contributed by atoms with Crippen LogP contribution >= 0.6 is 0 Å². The van der Waals surface area contributed by atoms with Crippen LogP contribution in [-0.2, 0) is 4.79 Å². The molecule has 2 N–H and O–H groups in total. The quantitative estimate of drug-likeness (QED) is 0.630. The molecule has 154 valence electrons. The van der Waals surface area contributed by atoms with Crippen LogP contribution in [0.4, 0.5) is 11.6 Å². The van der Waals surface area contributed by atoms with Crippen LogP contribution in [0.3, 0.4) is 0 Å². The van der Waals surface area contributed by atoms with Gasteiger partial charge in [-0.3, -0.25) is 4.79 Å². The van der Waals surface area contributed by atoms with Crippen LogP contribution in [0.25, 0.3) is 6.08 Å². The fourth-order valence-corrected chi connectivity index (χ4v) is 3.69. The van der Waals surface area contributed by atoms with E-state index in [1.54, 1.807) is 24.7 Å². The van der Waals surface area contributed by atoms with E-state index in [4.69, 9.17) is 0 Å². The van der Waals surface area contributed by atoms with Gasteiger partial charge < -0.3 is 15.2 Å². The third-order valence-corrected chi connectivity index (χ3v) is 5.05. The topological polar surface area (TPSA) is 99.7 Å². The van der Waals surface area contributed by atoms with Crippen LogP contribution in [0, 0.1) is 13.8 Å². The van der Waals surface area contributed by atoms with Crippen molar-refractivity contribution in [2.45, 2.75) is 39.2 Å². The molecule has 8 nitrogen and oxygen atoms in total. The Morgan fingerprint density at radius 2 is 2.10 bits per heavy atom. The van der Waals surface area contributed by atoms with Gasteiger partial charge in [-0.2, -0.15) is 0 Å². The van der Waals surface area contributed by atoms with E-state index in [9.17, 15) is 4.79 Å². The van der Waals surface area contributed by atoms with Gasteiger partial charge in [0.15, 0.2) is 0 Å². The summed E-state index contributed by atoms with van der Waals surface area (Å²) in [5.74, 6) is 2.05. The molecule has 3 aromatic rings. The number of carbonyl (C=O) groups is 1. The lowest BCUT2D eigenvalue weighted by atomic mass is 9.98. The normalized spacial score (nSPS) is 16.7. The third-order valence-electron chi connectivity index (χ3n) is 5.05. The highest BCUT2D eigenvalue weighted by Gasteiger charge is 2.28. The molecule has 3 aromatic heterocycles. The van der Waals surface area contributed by atoms with Gasteiger partial charge in [-0.25, -0.2) is 19.9 Å². The summed E-state index contributed by atoms with van der Waals surface area (Å²) >= 11 is 0. The molecule has 1 unspecified atom stereocenters. The first-order chi connectivity index (χ1) is 14.6. The fourth-order valence-electron chi connectivity index (χ4n) is 3.69. The van der Waals surface area contributed by atoms with Crippen molar-refractivity contribution in [3.8, 4) is 0 Å². The number of anilines is 2. The number of amides is 1. The van der Waals surface area contributed by atoms with Crippen molar-refractivity contribution >= 4 is 23.6 Å². The predicted octanol–water partition coefficient (Wildman–Crippen LogP) is 3.72. The number of imidazole rings is 1. The molecule has 1 saturated heterocycles. The van der Waals surface area contributed by atoms with Crippen LogP contribution in [0.15, 0.2) is 42.9 Å². The van der Waals surface area contributed by atoms with Crippen molar-refractivity contribution in [2.75, 3.05) is 11.9 Å². The molecule has 0 radical (unpaired) electrons. The fraction of sp³-hybridized carbons (Fsp3) is 0.318. The number of nitrogens with one attached hydrogen (secondary N) is 2. The smallest absolute Gasteiger partial charge is 0.247 e. The zero-order valence-electron chi connectivity index (χ0n) is 17.2. The summed E-state index contributed by atoms with van der Waals surface area (Å²) in [5, 5.41) is 3.26. The number of hydrogen-bond acceptors (Lipinski definition) is 6. The Morgan fingerprint density at radius 1 is 1.20 bits per heavy atom. The molecule has 0 saturated carbocycles. The summed E-state index contributed by atoms with van der Waals surface area (Å²) in [6, 6.07) is 7.65. The van der Waals surface area contributed by atoms with Gasteiger partial charge in [0.2, 0.25) is 5.91 Å². The van der Waals surface area contributed by atoms with Crippen LogP contribution < -0.4 is 5.32 Å². The highest BCUT2D eigenvalue weighted by atomic mass is 16.2. The monoisotopic (exact) mass is 403 g/mol. The number of aryl methyl sites for hydroxylation is 2. The predicted molar refractivity (Wildman–Crippen MR) is 115 cm³/mol. The molecule has 1 atom stereocenters. The second-order valence-corrected chi connectivity index (χ2v) is 7.40. The Bertz CT molecular complexity index is 1050. The number of H-pyrrole nitrogens is 1. The molecule has 30 heavy (non-hydrogen) atoms. The Balaban J connectivity index is 1.57. The second kappa shape index (κ2) is 8.86. The van der Waals surface area contributed by atoms with Crippen LogP contribution in [0.1, 0.15) is 48.2 Å². The molecular formula is C22H25N7O. The average molecular weight is 403 g/mol. The highest BCUT2D eigenvalue weighted by molar-refractivity contribution is 5.91. The Hall–Kier alpha value is -3.55. The Labute approximate surface area is 175 Å². The van der Waals surface area contributed by atoms with E-state index in [0.717, 1.165) is 42.2 Å². The van der Waals surface area contributed by atoms with E-state index in [1.165, 1.54) is 0 Å². The van der Waals surface area contributed by atoms with Crippen molar-refractivity contribution in [3.63, 3.8) is 0 Å². The number of piperidine rings is 1. The summed E-state index contributed by atoms with van der Waals surface area (Å²) in [6.07, 6.45) is 9.55. The first-order valence-corrected chi connectivity index (χ1v) is 10.1. The zero-order valence-corrected chi connectivity index (χ0v) is 17.2. The van der Waals surface area contributed by atoms with Crippen molar-refractivity contribution in [3.05, 3.63) is 65.8 Å². The van der Waals surface area contributed by atoms with Crippen LogP contribution in [-0.4, -0.2) is 42.3 Å². The van der Waals surface area contributed by atoms with E-state index in [0.29, 0.717) is 18.2 Å². The largest absolute Gasteiger partial charge is 0.345 e. The molecule has 0 spiro atoms. The Kier molecular flexibility index (Phi) is 5.83. The third kappa shape index (κ3) is 4.71. The van der Waals surface area contributed by atoms with Crippen molar-refractivity contribution in [2.24, 2.45) is 0 Å². The molecule has 0 bridgehead atoms. The van der Waals surface area contributed by atoms with Gasteiger partial charge in [0.25, 0.3) is 0 Å². The number of carbonyl (C=O) groups excluding carboxylic acids is 1. The lowest BCUT2D eigenvalue weighted by Crippen LogP contribution is -2.38. The molecule has 1 fully saturated rings. The summed E-state index contributed by atoms with van der Waals surface area (Å²) in [4.78, 5) is 35.4. The summed E-state index contributed by atoms with van der Waals surface area (Å²) in [7, 11) is 0. The number of aromatic nitrogens is 5. The number of hydrogen-bond donors (Lipinski definition) is 2. The lowest BCUT2D eigenvalue weighted by molar-refractivity contribution is -0.129. The van der Waals surface area contributed by atoms with Gasteiger partial charge in [0.1, 0.15) is 17.5 Å². The minimum atomic E-state index is -0.0783. The van der Waals surface area contributed by atoms with Gasteiger partial charge in [0, 0.05) is 24.4 Å². The molecule has 0 aromatic carbocycles. The number of aromatic amines is 1. The lowest BCUT2D eigenvalue weighted by Gasteiger charge is -2.35. The van der Waals surface area contributed by atoms with Gasteiger partial charge in [-0.05, 0) is 51.3 Å². The van der Waals surface area contributed by atoms with E-state index in [2.05, 4.69) is 30.2 Å². The standard InChI is InChI=1S/C22H25N7O/c1-15-6-5-8-20(25-15)28-21-12-18(26-16(2)27-21)19-7-3-4-11-29(19)22(30)10-9-17-13-23-14-24-17/h5-6,8-10,12-14,19H,3-4,7,11H2,1-2H3,(H,23,24)(H,25,26,27,28). The van der Waals surface area contributed by atoms with Crippen LogP contribution in [0.2, 0.25) is 0 Å². The number of pyridine rings is 1. The second-order valence-electron chi connectivity index (χ2n) is 7.40. The first-order valence-electron chi connectivity index (χ1n) is 10.1. The maximum Gasteiger partial charge on any atom is 0.247 e. The van der Waals surface area contributed by atoms with E-state index in [-0.39, 0.29) is 11.9 Å². The average Bonchev–Trinajstić information content (AvgIpc) is 3.25. The minimum absolute atomic E-state index is 0.0274. The first kappa shape index (κ1) is 19.8. The highest BCUT2D eigenvalue weighted by Crippen LogP contribution is 2.31. The molecule has 1 aliphatic rings. The molecule has 1 amide bonds. The molecular weight excluding hydrogens is 378 g/mol. The van der Waals surface area contributed by atoms with Gasteiger partial charge in [-0.15, -0.1) is 0 Å². The molecule has 4 rings (SSSR count). The van der Waals surface area contributed by atoms with Crippen molar-refractivity contribution in [1.82, 2.24) is 29.8 Å². The molecule has 4 heterocycles. The maximum absolute atomic E-state index is 12.9. The van der Waals surface area contributed by atoms with Gasteiger partial charge >= 0.3 is 0 Å². The summed E-state index contributed by atoms with van der Waals surface area (Å²) in [6.45, 7) is 4.53. The van der Waals surface area contributed by atoms with E-state index >= 15 is 0 Å². The summed E-state index contributed by atoms with van der Waals surface area (Å²) in [5.41, 5.74) is 2.58. The SMILES string of the molecule is Cc1cccc(Nc2cc(C3CCCCN3C(=O)C=Cc3cnc[nH]3)nc(C)n2)n1. The molecule has 8 heteroatoms. The van der Waals surface area contributed by atoms with Crippen molar-refractivity contribution < 1.29 is 4.79 Å². The van der Waals surface area contributed by atoms with Crippen LogP contribution in [0.5, 0.6) is 0 Å². The summed E-state index contributed by atoms with van der Waals surface area (Å²) < 4.78 is 0. The van der Waals surface area contributed by atoms with E-state index < -0.39 is 0 Å². The van der Waals surface area contributed by atoms with Crippen molar-refractivity contribution in [1.29, 1.82) is 0 Å². The number of likely N-dealkylation sites (tertiary alicyclic amines) is 1. The molecule has 0 aliphatic carbocycles. The Morgan fingerprint density at radius 3 is 2.90 bits per heavy atom. The van der Waals surface area contributed by atoms with Gasteiger partial charge in [-0.1, -0.05) is 6.07 Å². The van der Waals surface area contributed by atoms with E-state index in [1.807, 2.05) is 43.0 Å². The number of rotatable bonds is 5. The zero-order chi connectivity index (χ0) is 20.9. The number of nitrogens with zero attached hydrogens (tertiary/aromatic N) is 5. The minimum Gasteiger partial charge on any atom is -0.345 e. The maximum atomic E-state index is 12.9. The van der Waals surface area contributed by atoms with Gasteiger partial charge in [0.05, 0.1) is 30.0 Å².